The predicted octanol–water partition coefficient (Wildman–Crippen LogP) is 2.70. The Balaban J connectivity index is 3.03. The fourth-order valence-corrected chi connectivity index (χ4v) is 1.02. The molecule has 1 nitrogen and oxygen atoms in total. The molecule has 1 aromatic rings. The molecule has 0 bridgehead atoms. The molecule has 0 spiro atoms. The van der Waals surface area contributed by atoms with Crippen molar-refractivity contribution < 1.29 is 27.1 Å². The first kappa shape index (κ1) is 11.9. The first-order chi connectivity index (χ1) is 6.76. The second kappa shape index (κ2) is 3.77. The van der Waals surface area contributed by atoms with Gasteiger partial charge >= 0.3 is 12.1 Å². The van der Waals surface area contributed by atoms with Gasteiger partial charge in [-0.2, -0.15) is 22.0 Å². The van der Waals surface area contributed by atoms with Crippen molar-refractivity contribution in [3.8, 4) is 0 Å². The number of halogens is 5. The molecule has 1 aromatic carbocycles. The summed E-state index contributed by atoms with van der Waals surface area (Å²) in [6, 6.07) is 5.39. The van der Waals surface area contributed by atoms with Crippen LogP contribution in [0.5, 0.6) is 0 Å². The van der Waals surface area contributed by atoms with Crippen LogP contribution in [0, 0.1) is 0 Å². The highest BCUT2D eigenvalue weighted by molar-refractivity contribution is 5.21. The third kappa shape index (κ3) is 2.44. The standard InChI is InChI=1S/C9H7F5O/c10-8(11,7(15)9(12,13)14)6-4-2-1-3-5-6/h1-5,7,15H/t7-/m0/s1. The molecule has 0 heterocycles. The van der Waals surface area contributed by atoms with Gasteiger partial charge in [-0.25, -0.2) is 0 Å². The van der Waals surface area contributed by atoms with E-state index in [-0.39, 0.29) is 0 Å². The highest BCUT2D eigenvalue weighted by Crippen LogP contribution is 2.39. The maximum atomic E-state index is 13.1. The SMILES string of the molecule is O[C@H](C(F)(F)F)C(F)(F)c1ccccc1. The van der Waals surface area contributed by atoms with E-state index in [2.05, 4.69) is 0 Å². The van der Waals surface area contributed by atoms with Gasteiger partial charge in [0.25, 0.3) is 0 Å². The zero-order valence-corrected chi connectivity index (χ0v) is 7.30. The lowest BCUT2D eigenvalue weighted by Gasteiger charge is -2.24. The van der Waals surface area contributed by atoms with Gasteiger partial charge in [0.1, 0.15) is 0 Å². The lowest BCUT2D eigenvalue weighted by molar-refractivity contribution is -0.273. The number of alkyl halides is 5. The first-order valence-corrected chi connectivity index (χ1v) is 3.94. The third-order valence-corrected chi connectivity index (χ3v) is 1.81. The number of aliphatic hydroxyl groups is 1. The average molecular weight is 226 g/mol. The third-order valence-electron chi connectivity index (χ3n) is 1.81. The van der Waals surface area contributed by atoms with E-state index < -0.39 is 23.8 Å². The smallest absolute Gasteiger partial charge is 0.379 e. The summed E-state index contributed by atoms with van der Waals surface area (Å²) in [5.74, 6) is -4.33. The van der Waals surface area contributed by atoms with Gasteiger partial charge in [-0.15, -0.1) is 0 Å². The van der Waals surface area contributed by atoms with Gasteiger partial charge in [-0.1, -0.05) is 30.3 Å². The van der Waals surface area contributed by atoms with Crippen LogP contribution in [0.1, 0.15) is 5.56 Å². The molecule has 0 amide bonds. The molecule has 15 heavy (non-hydrogen) atoms. The topological polar surface area (TPSA) is 20.2 Å². The molecule has 6 heteroatoms. The van der Waals surface area contributed by atoms with Gasteiger partial charge in [-0.3, -0.25) is 0 Å². The Labute approximate surface area is 82.1 Å². The molecule has 0 aromatic heterocycles. The van der Waals surface area contributed by atoms with Crippen LogP contribution in [0.2, 0.25) is 0 Å². The van der Waals surface area contributed by atoms with E-state index in [9.17, 15) is 22.0 Å². The molecule has 1 atom stereocenters. The normalized spacial score (nSPS) is 15.1. The zero-order chi connectivity index (χ0) is 11.7. The molecule has 0 unspecified atom stereocenters. The van der Waals surface area contributed by atoms with Crippen molar-refractivity contribution in [2.24, 2.45) is 0 Å². The number of rotatable bonds is 2. The zero-order valence-electron chi connectivity index (χ0n) is 7.30. The number of benzene rings is 1. The second-order valence-electron chi connectivity index (χ2n) is 2.93. The van der Waals surface area contributed by atoms with E-state index in [1.165, 1.54) is 18.2 Å². The van der Waals surface area contributed by atoms with E-state index >= 15 is 0 Å². The molecule has 0 radical (unpaired) electrons. The quantitative estimate of drug-likeness (QED) is 0.768. The van der Waals surface area contributed by atoms with Crippen LogP contribution in [0.4, 0.5) is 22.0 Å². The van der Waals surface area contributed by atoms with Crippen LogP contribution in [-0.2, 0) is 5.92 Å². The van der Waals surface area contributed by atoms with Crippen molar-refractivity contribution in [1.82, 2.24) is 0 Å². The van der Waals surface area contributed by atoms with Gasteiger partial charge in [0.2, 0.25) is 6.10 Å². The van der Waals surface area contributed by atoms with Crippen LogP contribution < -0.4 is 0 Å². The van der Waals surface area contributed by atoms with E-state index in [4.69, 9.17) is 5.11 Å². The Morgan fingerprint density at radius 1 is 0.933 bits per heavy atom. The average Bonchev–Trinajstić information content (AvgIpc) is 2.16. The molecule has 0 aliphatic rings. The molecule has 84 valence electrons. The Morgan fingerprint density at radius 3 is 1.80 bits per heavy atom. The van der Waals surface area contributed by atoms with Crippen LogP contribution in [0.25, 0.3) is 0 Å². The molecular formula is C9H7F5O. The highest BCUT2D eigenvalue weighted by Gasteiger charge is 2.55. The van der Waals surface area contributed by atoms with Gasteiger partial charge in [0.15, 0.2) is 0 Å². The molecule has 0 aliphatic carbocycles. The molecule has 0 fully saturated rings. The fraction of sp³-hybridized carbons (Fsp3) is 0.333. The monoisotopic (exact) mass is 226 g/mol. The maximum Gasteiger partial charge on any atom is 0.420 e. The number of hydrogen-bond acceptors (Lipinski definition) is 1. The van der Waals surface area contributed by atoms with Crippen molar-refractivity contribution >= 4 is 0 Å². The van der Waals surface area contributed by atoms with E-state index in [0.717, 1.165) is 12.1 Å². The predicted molar refractivity (Wildman–Crippen MR) is 42.4 cm³/mol. The minimum atomic E-state index is -5.35. The number of aliphatic hydroxyl groups excluding tert-OH is 1. The summed E-state index contributed by atoms with van der Waals surface area (Å²) in [6.07, 6.45) is -9.04. The van der Waals surface area contributed by atoms with Gasteiger partial charge < -0.3 is 5.11 Å². The van der Waals surface area contributed by atoms with E-state index in [0.29, 0.717) is 0 Å². The Kier molecular flexibility index (Phi) is 2.99. The van der Waals surface area contributed by atoms with Crippen LogP contribution in [-0.4, -0.2) is 17.4 Å². The van der Waals surface area contributed by atoms with E-state index in [1.54, 1.807) is 0 Å². The largest absolute Gasteiger partial charge is 0.420 e. The molecular weight excluding hydrogens is 219 g/mol. The molecule has 0 saturated carbocycles. The van der Waals surface area contributed by atoms with E-state index in [1.807, 2.05) is 0 Å². The van der Waals surface area contributed by atoms with Crippen LogP contribution >= 0.6 is 0 Å². The van der Waals surface area contributed by atoms with Gasteiger partial charge in [0, 0.05) is 5.56 Å². The minimum Gasteiger partial charge on any atom is -0.379 e. The molecule has 1 rings (SSSR count). The van der Waals surface area contributed by atoms with Crippen molar-refractivity contribution in [3.63, 3.8) is 0 Å². The Morgan fingerprint density at radius 2 is 1.40 bits per heavy atom. The summed E-state index contributed by atoms with van der Waals surface area (Å²) < 4.78 is 61.9. The maximum absolute atomic E-state index is 13.1. The summed E-state index contributed by atoms with van der Waals surface area (Å²) in [6.45, 7) is 0. The molecule has 1 N–H and O–H groups in total. The second-order valence-corrected chi connectivity index (χ2v) is 2.93. The van der Waals surface area contributed by atoms with Crippen molar-refractivity contribution in [3.05, 3.63) is 35.9 Å². The first-order valence-electron chi connectivity index (χ1n) is 3.94. The van der Waals surface area contributed by atoms with Crippen molar-refractivity contribution in [2.45, 2.75) is 18.2 Å². The summed E-state index contributed by atoms with van der Waals surface area (Å²) in [5, 5.41) is 8.49. The van der Waals surface area contributed by atoms with Gasteiger partial charge in [-0.05, 0) is 0 Å². The van der Waals surface area contributed by atoms with Crippen molar-refractivity contribution in [1.29, 1.82) is 0 Å². The summed E-state index contributed by atoms with van der Waals surface area (Å²) in [4.78, 5) is 0. The number of hydrogen-bond donors (Lipinski definition) is 1. The lowest BCUT2D eigenvalue weighted by Crippen LogP contribution is -2.42. The van der Waals surface area contributed by atoms with Crippen LogP contribution in [0.15, 0.2) is 30.3 Å². The summed E-state index contributed by atoms with van der Waals surface area (Å²) in [7, 11) is 0. The van der Waals surface area contributed by atoms with Crippen molar-refractivity contribution in [2.75, 3.05) is 0 Å². The highest BCUT2D eigenvalue weighted by atomic mass is 19.4. The molecule has 0 aliphatic heterocycles. The minimum absolute atomic E-state index is 0.828. The Bertz CT molecular complexity index is 319. The lowest BCUT2D eigenvalue weighted by atomic mass is 10.0. The van der Waals surface area contributed by atoms with Crippen LogP contribution in [0.3, 0.4) is 0 Å². The molecule has 0 saturated heterocycles. The van der Waals surface area contributed by atoms with Gasteiger partial charge in [0.05, 0.1) is 0 Å². The Hall–Kier alpha value is -1.17. The summed E-state index contributed by atoms with van der Waals surface area (Å²) >= 11 is 0. The fourth-order valence-electron chi connectivity index (χ4n) is 1.02. The summed E-state index contributed by atoms with van der Waals surface area (Å²) in [5.41, 5.74) is -0.866.